The number of fused-ring (bicyclic) bond motifs is 4. The molecule has 1 aliphatic rings. The number of amides is 1. The highest BCUT2D eigenvalue weighted by atomic mass is 19.4. The van der Waals surface area contributed by atoms with E-state index in [1.807, 2.05) is 13.0 Å². The van der Waals surface area contributed by atoms with Crippen LogP contribution >= 0.6 is 0 Å². The molecule has 7 nitrogen and oxygen atoms in total. The predicted molar refractivity (Wildman–Crippen MR) is 182 cm³/mol. The van der Waals surface area contributed by atoms with Gasteiger partial charge in [-0.1, -0.05) is 49.8 Å². The van der Waals surface area contributed by atoms with Crippen molar-refractivity contribution in [2.75, 3.05) is 20.6 Å². The van der Waals surface area contributed by atoms with Gasteiger partial charge in [0.05, 0.1) is 23.6 Å². The van der Waals surface area contributed by atoms with Crippen molar-refractivity contribution >= 4 is 11.9 Å². The first-order valence-corrected chi connectivity index (χ1v) is 17.3. The molecule has 52 heavy (non-hydrogen) atoms. The van der Waals surface area contributed by atoms with Crippen molar-refractivity contribution in [3.8, 4) is 11.1 Å². The van der Waals surface area contributed by atoms with E-state index >= 15 is 4.39 Å². The minimum absolute atomic E-state index is 0.00813. The molecule has 1 aliphatic heterocycles. The number of pyridine rings is 1. The van der Waals surface area contributed by atoms with E-state index in [-0.39, 0.29) is 30.5 Å². The highest BCUT2D eigenvalue weighted by molar-refractivity contribution is 5.82. The van der Waals surface area contributed by atoms with Gasteiger partial charge in [0, 0.05) is 24.4 Å². The number of carbonyl (C=O) groups excluding carboxylic acids is 1. The zero-order chi connectivity index (χ0) is 38.5. The number of carboxylic acids is 1. The maximum absolute atomic E-state index is 16.0. The SMILES string of the molecule is Cc1cc(C)c2c(c1)CCCCCCCC[C@H](n1cc(CCN(C)C)c(C(F)(F)F)cc1=O)C(=O)N[C@@H](CC(=O)O)c1cc-2cc(C(F)(F)F)c1F. The van der Waals surface area contributed by atoms with E-state index in [9.17, 15) is 45.8 Å². The van der Waals surface area contributed by atoms with Crippen LogP contribution in [0, 0.1) is 19.7 Å². The predicted octanol–water partition coefficient (Wildman–Crippen LogP) is 8.57. The van der Waals surface area contributed by atoms with Crippen molar-refractivity contribution < 1.29 is 45.4 Å². The summed E-state index contributed by atoms with van der Waals surface area (Å²) in [7, 11) is 3.31. The van der Waals surface area contributed by atoms with Crippen LogP contribution in [0.15, 0.2) is 41.3 Å². The third-order valence-corrected chi connectivity index (χ3v) is 9.44. The molecule has 2 atom stereocenters. The van der Waals surface area contributed by atoms with Gasteiger partial charge in [-0.15, -0.1) is 0 Å². The molecule has 0 saturated carbocycles. The van der Waals surface area contributed by atoms with Gasteiger partial charge >= 0.3 is 18.3 Å². The number of nitrogens with one attached hydrogen (secondary N) is 1. The van der Waals surface area contributed by atoms with Crippen molar-refractivity contribution in [3.05, 3.63) is 91.6 Å². The fourth-order valence-electron chi connectivity index (χ4n) is 7.00. The Morgan fingerprint density at radius 3 is 2.15 bits per heavy atom. The topological polar surface area (TPSA) is 91.6 Å². The minimum Gasteiger partial charge on any atom is -0.481 e. The van der Waals surface area contributed by atoms with Gasteiger partial charge in [-0.05, 0) is 93.6 Å². The maximum Gasteiger partial charge on any atom is 0.419 e. The van der Waals surface area contributed by atoms with Crippen LogP contribution in [0.2, 0.25) is 0 Å². The molecule has 4 rings (SSSR count). The lowest BCUT2D eigenvalue weighted by Crippen LogP contribution is -2.40. The van der Waals surface area contributed by atoms with E-state index in [2.05, 4.69) is 5.32 Å². The molecule has 0 unspecified atom stereocenters. The van der Waals surface area contributed by atoms with Gasteiger partial charge in [-0.2, -0.15) is 26.3 Å². The molecule has 0 aliphatic carbocycles. The van der Waals surface area contributed by atoms with Gasteiger partial charge in [-0.25, -0.2) is 4.39 Å². The van der Waals surface area contributed by atoms with Crippen LogP contribution in [-0.2, 0) is 34.8 Å². The monoisotopic (exact) mass is 739 g/mol. The quantitative estimate of drug-likeness (QED) is 0.247. The van der Waals surface area contributed by atoms with Gasteiger partial charge in [0.1, 0.15) is 11.9 Å². The third kappa shape index (κ3) is 10.0. The van der Waals surface area contributed by atoms with Crippen LogP contribution in [0.3, 0.4) is 0 Å². The summed E-state index contributed by atoms with van der Waals surface area (Å²) in [4.78, 5) is 41.1. The lowest BCUT2D eigenvalue weighted by atomic mass is 9.87. The number of benzene rings is 2. The highest BCUT2D eigenvalue weighted by Crippen LogP contribution is 2.41. The third-order valence-electron chi connectivity index (χ3n) is 9.44. The van der Waals surface area contributed by atoms with Gasteiger partial charge in [-0.3, -0.25) is 14.4 Å². The van der Waals surface area contributed by atoms with Crippen LogP contribution in [0.25, 0.3) is 11.1 Å². The molecule has 2 heterocycles. The second kappa shape index (κ2) is 16.6. The van der Waals surface area contributed by atoms with Crippen molar-refractivity contribution in [1.29, 1.82) is 0 Å². The minimum atomic E-state index is -5.19. The first kappa shape index (κ1) is 40.6. The lowest BCUT2D eigenvalue weighted by Gasteiger charge is -2.26. The largest absolute Gasteiger partial charge is 0.481 e. The van der Waals surface area contributed by atoms with E-state index in [1.165, 1.54) is 0 Å². The molecule has 2 bridgehead atoms. The molecule has 284 valence electrons. The zero-order valence-electron chi connectivity index (χ0n) is 29.6. The number of aryl methyl sites for hydroxylation is 3. The molecule has 0 fully saturated rings. The van der Waals surface area contributed by atoms with Crippen molar-refractivity contribution in [2.24, 2.45) is 0 Å². The van der Waals surface area contributed by atoms with Crippen LogP contribution in [0.5, 0.6) is 0 Å². The number of alkyl halides is 6. The van der Waals surface area contributed by atoms with Crippen LogP contribution < -0.4 is 10.9 Å². The summed E-state index contributed by atoms with van der Waals surface area (Å²) < 4.78 is 102. The Bertz CT molecular complexity index is 1830. The van der Waals surface area contributed by atoms with Crippen LogP contribution in [0.4, 0.5) is 30.7 Å². The van der Waals surface area contributed by atoms with Gasteiger partial charge in [0.25, 0.3) is 5.56 Å². The smallest absolute Gasteiger partial charge is 0.419 e. The lowest BCUT2D eigenvalue weighted by molar-refractivity contribution is -0.140. The molecule has 2 N–H and O–H groups in total. The Morgan fingerprint density at radius 2 is 1.54 bits per heavy atom. The summed E-state index contributed by atoms with van der Waals surface area (Å²) in [6.45, 7) is 3.76. The van der Waals surface area contributed by atoms with E-state index in [4.69, 9.17) is 0 Å². The zero-order valence-corrected chi connectivity index (χ0v) is 29.6. The molecule has 1 aromatic heterocycles. The van der Waals surface area contributed by atoms with Crippen molar-refractivity contribution in [1.82, 2.24) is 14.8 Å². The molecular weight excluding hydrogens is 695 g/mol. The van der Waals surface area contributed by atoms with E-state index in [1.54, 1.807) is 32.0 Å². The number of hydrogen-bond donors (Lipinski definition) is 2. The molecule has 0 saturated heterocycles. The van der Waals surface area contributed by atoms with E-state index in [0.29, 0.717) is 48.9 Å². The molecule has 14 heteroatoms. The number of halogens is 7. The Labute approximate surface area is 297 Å². The summed E-state index contributed by atoms with van der Waals surface area (Å²) in [6, 6.07) is 2.56. The number of carbonyl (C=O) groups is 2. The number of nitrogens with zero attached hydrogens (tertiary/aromatic N) is 2. The Hall–Kier alpha value is -4.20. The molecule has 3 aromatic rings. The van der Waals surface area contributed by atoms with Gasteiger partial charge in [0.15, 0.2) is 0 Å². The second-order valence-electron chi connectivity index (χ2n) is 13.9. The van der Waals surface area contributed by atoms with Gasteiger partial charge < -0.3 is 19.9 Å². The van der Waals surface area contributed by atoms with Crippen molar-refractivity contribution in [2.45, 2.75) is 102 Å². The summed E-state index contributed by atoms with van der Waals surface area (Å²) in [5.74, 6) is -4.36. The van der Waals surface area contributed by atoms with E-state index in [0.717, 1.165) is 47.2 Å². The first-order valence-electron chi connectivity index (χ1n) is 17.3. The fourth-order valence-corrected chi connectivity index (χ4v) is 7.00. The van der Waals surface area contributed by atoms with Crippen LogP contribution in [-0.4, -0.2) is 47.1 Å². The number of likely N-dealkylation sites (N-methyl/N-ethyl adjacent to an activating group) is 1. The average molecular weight is 740 g/mol. The molecule has 0 radical (unpaired) electrons. The number of aromatic nitrogens is 1. The number of aliphatic carboxylic acids is 1. The maximum atomic E-state index is 16.0. The first-order chi connectivity index (χ1) is 24.3. The highest BCUT2D eigenvalue weighted by Gasteiger charge is 2.39. The second-order valence-corrected chi connectivity index (χ2v) is 13.9. The summed E-state index contributed by atoms with van der Waals surface area (Å²) in [5, 5.41) is 12.2. The fraction of sp³-hybridized carbons (Fsp3) is 0.500. The standard InChI is InChI=1S/C38H44F7N3O4/c1-22-15-23(2)34-24(16-22)11-9-7-5-6-8-10-12-31(48-21-25(13-14-47(3)4)28(19-32(48)49)37(40,41)42)36(52)46-30(20-33(50)51)27-17-26(34)18-29(35(27)39)38(43,44)45/h15-19,21,30-31H,5-14,20H2,1-4H3,(H,46,52)(H,50,51)/t30-,31-/m0/s1. The Morgan fingerprint density at radius 1 is 0.904 bits per heavy atom. The van der Waals surface area contributed by atoms with Crippen molar-refractivity contribution in [3.63, 3.8) is 0 Å². The summed E-state index contributed by atoms with van der Waals surface area (Å²) >= 11 is 0. The Balaban J connectivity index is 1.94. The molecular formula is C38H44F7N3O4. The van der Waals surface area contributed by atoms with Crippen LogP contribution in [0.1, 0.15) is 102 Å². The van der Waals surface area contributed by atoms with E-state index < -0.39 is 70.8 Å². The number of hydrogen-bond acceptors (Lipinski definition) is 4. The number of rotatable bonds is 6. The molecule has 2 aromatic carbocycles. The normalized spacial score (nSPS) is 18.1. The molecule has 1 amide bonds. The summed E-state index contributed by atoms with van der Waals surface area (Å²) in [5.41, 5.74) is -2.22. The Kier molecular flexibility index (Phi) is 13.0. The van der Waals surface area contributed by atoms with Gasteiger partial charge in [0.2, 0.25) is 5.91 Å². The number of carboxylic acid groups (broad SMARTS) is 1. The molecule has 0 spiro atoms. The summed E-state index contributed by atoms with van der Waals surface area (Å²) in [6.07, 6.45) is -5.79. The average Bonchev–Trinajstić information content (AvgIpc) is 3.01.